The number of nitrogens with two attached hydrogens (primary N) is 2. The molecule has 0 radical (unpaired) electrons. The number of benzene rings is 1. The van der Waals surface area contributed by atoms with Crippen molar-refractivity contribution in [3.8, 4) is 0 Å². The standard InChI is InChI=1S/C15H19ClN4OS/c1-4-22-15-8-5-7(6-21-3)19-13-9(8)14(20(15)2)12(18)10(16)11(13)17/h5,15H,4,6,17-18H2,1-3H3/p+1. The summed E-state index contributed by atoms with van der Waals surface area (Å²) in [6.45, 7) is 2.60. The number of rotatable bonds is 4. The molecule has 5 nitrogen and oxygen atoms in total. The Morgan fingerprint density at radius 1 is 1.41 bits per heavy atom. The first kappa shape index (κ1) is 15.7. The molecule has 5 N–H and O–H groups in total. The van der Waals surface area contributed by atoms with Gasteiger partial charge in [-0.15, -0.1) is 0 Å². The lowest BCUT2D eigenvalue weighted by molar-refractivity contribution is -0.822. The van der Waals surface area contributed by atoms with Crippen LogP contribution in [0.1, 0.15) is 23.6 Å². The van der Waals surface area contributed by atoms with Gasteiger partial charge in [0, 0.05) is 12.7 Å². The summed E-state index contributed by atoms with van der Waals surface area (Å²) < 4.78 is 5.23. The summed E-state index contributed by atoms with van der Waals surface area (Å²) in [5, 5.41) is 1.71. The van der Waals surface area contributed by atoms with Crippen molar-refractivity contribution in [3.05, 3.63) is 22.3 Å². The van der Waals surface area contributed by atoms with E-state index in [2.05, 4.69) is 25.0 Å². The van der Waals surface area contributed by atoms with E-state index in [4.69, 9.17) is 27.8 Å². The van der Waals surface area contributed by atoms with E-state index in [1.54, 1.807) is 7.11 Å². The van der Waals surface area contributed by atoms with E-state index in [1.807, 2.05) is 11.8 Å². The fourth-order valence-corrected chi connectivity index (χ4v) is 4.41. The van der Waals surface area contributed by atoms with Crippen molar-refractivity contribution in [1.29, 1.82) is 0 Å². The van der Waals surface area contributed by atoms with Crippen molar-refractivity contribution in [2.45, 2.75) is 18.9 Å². The van der Waals surface area contributed by atoms with Crippen LogP contribution in [0.25, 0.3) is 10.9 Å². The van der Waals surface area contributed by atoms with Gasteiger partial charge >= 0.3 is 0 Å². The topological polar surface area (TPSA) is 78.6 Å². The fourth-order valence-electron chi connectivity index (χ4n) is 3.16. The third-order valence-electron chi connectivity index (χ3n) is 4.05. The van der Waals surface area contributed by atoms with Crippen LogP contribution in [0.3, 0.4) is 0 Å². The predicted molar refractivity (Wildman–Crippen MR) is 93.7 cm³/mol. The predicted octanol–water partition coefficient (Wildman–Crippen LogP) is 2.11. The maximum atomic E-state index is 6.34. The second kappa shape index (κ2) is 5.77. The van der Waals surface area contributed by atoms with Crippen LogP contribution in [0.4, 0.5) is 17.1 Å². The molecule has 3 rings (SSSR count). The van der Waals surface area contributed by atoms with Gasteiger partial charge in [0.1, 0.15) is 11.2 Å². The van der Waals surface area contributed by atoms with Gasteiger partial charge in [-0.1, -0.05) is 30.3 Å². The Hall–Kier alpha value is -1.21. The van der Waals surface area contributed by atoms with Crippen LogP contribution in [0.15, 0.2) is 6.07 Å². The molecule has 1 aliphatic rings. The average molecular weight is 340 g/mol. The maximum absolute atomic E-state index is 6.34. The lowest BCUT2D eigenvalue weighted by Crippen LogP contribution is -3.02. The number of nitrogens with one attached hydrogen (secondary N) is 1. The van der Waals surface area contributed by atoms with Gasteiger partial charge in [0.05, 0.1) is 35.4 Å². The summed E-state index contributed by atoms with van der Waals surface area (Å²) in [7, 11) is 3.77. The Morgan fingerprint density at radius 3 is 2.77 bits per heavy atom. The van der Waals surface area contributed by atoms with E-state index >= 15 is 0 Å². The minimum atomic E-state index is 0.265. The smallest absolute Gasteiger partial charge is 0.167 e. The summed E-state index contributed by atoms with van der Waals surface area (Å²) in [4.78, 5) is 5.87. The molecule has 0 aliphatic carbocycles. The minimum absolute atomic E-state index is 0.265. The number of thioether (sulfide) groups is 1. The molecule has 0 spiro atoms. The molecule has 118 valence electrons. The van der Waals surface area contributed by atoms with Crippen LogP contribution in [0.5, 0.6) is 0 Å². The Morgan fingerprint density at radius 2 is 2.14 bits per heavy atom. The highest BCUT2D eigenvalue weighted by Crippen LogP contribution is 2.47. The van der Waals surface area contributed by atoms with Gasteiger partial charge in [0.2, 0.25) is 0 Å². The van der Waals surface area contributed by atoms with Crippen LogP contribution in [0.2, 0.25) is 5.02 Å². The van der Waals surface area contributed by atoms with Gasteiger partial charge in [0.25, 0.3) is 0 Å². The Kier molecular flexibility index (Phi) is 4.11. The summed E-state index contributed by atoms with van der Waals surface area (Å²) in [5.74, 6) is 1.02. The number of halogens is 1. The van der Waals surface area contributed by atoms with Gasteiger partial charge in [-0.3, -0.25) is 4.90 Å². The van der Waals surface area contributed by atoms with E-state index in [0.717, 1.165) is 28.0 Å². The lowest BCUT2D eigenvalue weighted by Gasteiger charge is -2.18. The number of anilines is 2. The van der Waals surface area contributed by atoms with E-state index in [9.17, 15) is 0 Å². The summed E-state index contributed by atoms with van der Waals surface area (Å²) in [6, 6.07) is 2.10. The Bertz CT molecular complexity index is 752. The Balaban J connectivity index is 2.37. The molecule has 0 amide bonds. The molecule has 1 aromatic heterocycles. The number of nitrogens with zero attached hydrogens (tertiary/aromatic N) is 1. The van der Waals surface area contributed by atoms with Gasteiger partial charge < -0.3 is 16.2 Å². The average Bonchev–Trinajstić information content (AvgIpc) is 2.77. The van der Waals surface area contributed by atoms with Crippen molar-refractivity contribution in [3.63, 3.8) is 0 Å². The van der Waals surface area contributed by atoms with Gasteiger partial charge in [-0.05, 0) is 11.8 Å². The zero-order valence-corrected chi connectivity index (χ0v) is 14.4. The second-order valence-corrected chi connectivity index (χ2v) is 7.15. The highest BCUT2D eigenvalue weighted by Gasteiger charge is 2.38. The molecule has 2 aromatic rings. The van der Waals surface area contributed by atoms with Crippen molar-refractivity contribution in [2.24, 2.45) is 0 Å². The van der Waals surface area contributed by atoms with Crippen molar-refractivity contribution in [1.82, 2.24) is 4.98 Å². The van der Waals surface area contributed by atoms with E-state index < -0.39 is 0 Å². The maximum Gasteiger partial charge on any atom is 0.167 e. The number of hydrogen-bond donors (Lipinski definition) is 3. The first-order valence-electron chi connectivity index (χ1n) is 7.15. The SMILES string of the molecule is CCSC1c2cc(COC)nc3c(N)c(Cl)c(N)c(c23)[NH+]1C. The number of methoxy groups -OCH3 is 1. The second-order valence-electron chi connectivity index (χ2n) is 5.39. The molecular weight excluding hydrogens is 320 g/mol. The van der Waals surface area contributed by atoms with Crippen LogP contribution in [0, 0.1) is 0 Å². The number of nitrogen functional groups attached to an aromatic ring is 2. The third kappa shape index (κ3) is 2.13. The molecule has 0 fully saturated rings. The molecule has 1 aromatic carbocycles. The summed E-state index contributed by atoms with van der Waals surface area (Å²) in [6.07, 6.45) is 0. The molecule has 0 saturated carbocycles. The first-order valence-corrected chi connectivity index (χ1v) is 8.58. The number of quaternary nitrogens is 1. The van der Waals surface area contributed by atoms with Crippen LogP contribution >= 0.6 is 23.4 Å². The molecule has 22 heavy (non-hydrogen) atoms. The normalized spacial score (nSPS) is 20.0. The summed E-state index contributed by atoms with van der Waals surface area (Å²) >= 11 is 8.22. The van der Waals surface area contributed by atoms with Crippen molar-refractivity contribution >= 4 is 51.3 Å². The number of hydrogen-bond acceptors (Lipinski definition) is 5. The Labute approximate surface area is 138 Å². The molecule has 1 aliphatic heterocycles. The van der Waals surface area contributed by atoms with Gasteiger partial charge in [-0.25, -0.2) is 4.98 Å². The summed E-state index contributed by atoms with van der Waals surface area (Å²) in [5.41, 5.74) is 17.3. The van der Waals surface area contributed by atoms with E-state index in [-0.39, 0.29) is 5.37 Å². The zero-order valence-electron chi connectivity index (χ0n) is 12.9. The highest BCUT2D eigenvalue weighted by molar-refractivity contribution is 7.99. The van der Waals surface area contributed by atoms with Crippen LogP contribution in [-0.4, -0.2) is 24.9 Å². The molecule has 0 saturated heterocycles. The molecule has 2 unspecified atom stereocenters. The lowest BCUT2D eigenvalue weighted by atomic mass is 10.1. The largest absolute Gasteiger partial charge is 0.396 e. The first-order chi connectivity index (χ1) is 10.5. The van der Waals surface area contributed by atoms with Crippen molar-refractivity contribution < 1.29 is 9.64 Å². The quantitative estimate of drug-likeness (QED) is 0.744. The highest BCUT2D eigenvalue weighted by atomic mass is 35.5. The fraction of sp³-hybridized carbons (Fsp3) is 0.400. The molecule has 7 heteroatoms. The minimum Gasteiger partial charge on any atom is -0.396 e. The van der Waals surface area contributed by atoms with Crippen LogP contribution in [-0.2, 0) is 11.3 Å². The van der Waals surface area contributed by atoms with E-state index in [0.29, 0.717) is 23.0 Å². The molecule has 0 bridgehead atoms. The van der Waals surface area contributed by atoms with Gasteiger partial charge in [-0.2, -0.15) is 0 Å². The molecular formula is C15H20ClN4OS+. The van der Waals surface area contributed by atoms with Crippen LogP contribution < -0.4 is 16.4 Å². The third-order valence-corrected chi connectivity index (χ3v) is 5.73. The number of aromatic nitrogens is 1. The van der Waals surface area contributed by atoms with Crippen molar-refractivity contribution in [2.75, 3.05) is 31.4 Å². The number of ether oxygens (including phenoxy) is 1. The number of pyridine rings is 1. The monoisotopic (exact) mass is 339 g/mol. The van der Waals surface area contributed by atoms with E-state index in [1.165, 1.54) is 10.5 Å². The molecule has 2 atom stereocenters. The zero-order chi connectivity index (χ0) is 16.0. The molecule has 2 heterocycles. The van der Waals surface area contributed by atoms with Gasteiger partial charge in [0.15, 0.2) is 11.1 Å².